The Balaban J connectivity index is 1.55. The van der Waals surface area contributed by atoms with Gasteiger partial charge in [0, 0.05) is 23.7 Å². The fraction of sp³-hybridized carbons (Fsp3) is 0.579. The molecule has 0 aromatic heterocycles. The van der Waals surface area contributed by atoms with Crippen molar-refractivity contribution in [2.45, 2.75) is 103 Å². The molecule has 6 fully saturated rings. The first kappa shape index (κ1) is 32.5. The number of ether oxygens (including phenoxy) is 4. The standard InChI is InChI=1S/C38H46N2O8/c1-9-45-31(41)37-25(21-17-13-11-14-18-21)23-29-38(32(42)46-10-2)26(22-19-15-12-16-20-22)24(27(37)39(29)33(43)47-35(3,4)5)28(37)40(30(23)38)34(44)48-36(6,7)8/h11-20,23-30H,9-10H2,1-8H3. The maximum absolute atomic E-state index is 14.8. The molecule has 0 spiro atoms. The normalized spacial score (nSPS) is 35.2. The Morgan fingerprint density at radius 2 is 0.896 bits per heavy atom. The molecule has 2 aromatic rings. The maximum atomic E-state index is 14.8. The second-order valence-electron chi connectivity index (χ2n) is 15.8. The van der Waals surface area contributed by atoms with E-state index in [1.807, 2.05) is 60.7 Å². The minimum absolute atomic E-state index is 0.122. The molecule has 6 unspecified atom stereocenters. The molecule has 2 amide bonds. The molecule has 8 rings (SSSR count). The summed E-state index contributed by atoms with van der Waals surface area (Å²) >= 11 is 0. The highest BCUT2D eigenvalue weighted by atomic mass is 16.6. The minimum Gasteiger partial charge on any atom is -0.465 e. The van der Waals surface area contributed by atoms with Gasteiger partial charge in [-0.05, 0) is 66.5 Å². The molecule has 4 heterocycles. The van der Waals surface area contributed by atoms with E-state index in [1.165, 1.54) is 0 Å². The van der Waals surface area contributed by atoms with Crippen LogP contribution in [0.25, 0.3) is 0 Å². The molecule has 10 nitrogen and oxygen atoms in total. The van der Waals surface area contributed by atoms with Crippen LogP contribution in [0.4, 0.5) is 9.59 Å². The number of hydrogen-bond acceptors (Lipinski definition) is 8. The molecular weight excluding hydrogens is 612 g/mol. The van der Waals surface area contributed by atoms with Crippen LogP contribution in [0.2, 0.25) is 0 Å². The van der Waals surface area contributed by atoms with Gasteiger partial charge in [0.05, 0.1) is 37.4 Å². The molecule has 0 N–H and O–H groups in total. The van der Waals surface area contributed by atoms with Gasteiger partial charge < -0.3 is 18.9 Å². The van der Waals surface area contributed by atoms with Crippen molar-refractivity contribution < 1.29 is 38.1 Å². The molecule has 256 valence electrons. The number of benzene rings is 2. The van der Waals surface area contributed by atoms with E-state index < -0.39 is 94.0 Å². The number of carbonyl (C=O) groups is 4. The van der Waals surface area contributed by atoms with E-state index in [2.05, 4.69) is 0 Å². The average molecular weight is 659 g/mol. The Morgan fingerprint density at radius 3 is 1.17 bits per heavy atom. The Labute approximate surface area is 282 Å². The first-order chi connectivity index (χ1) is 22.7. The van der Waals surface area contributed by atoms with E-state index in [0.29, 0.717) is 0 Å². The van der Waals surface area contributed by atoms with Gasteiger partial charge in [-0.1, -0.05) is 60.7 Å². The monoisotopic (exact) mass is 658 g/mol. The summed E-state index contributed by atoms with van der Waals surface area (Å²) in [5, 5.41) is 0. The van der Waals surface area contributed by atoms with E-state index in [-0.39, 0.29) is 13.2 Å². The van der Waals surface area contributed by atoms with Crippen molar-refractivity contribution in [3.63, 3.8) is 0 Å². The molecule has 10 heteroatoms. The van der Waals surface area contributed by atoms with Gasteiger partial charge in [0.1, 0.15) is 22.0 Å². The van der Waals surface area contributed by atoms with Crippen molar-refractivity contribution in [2.24, 2.45) is 22.7 Å². The third kappa shape index (κ3) is 4.03. The topological polar surface area (TPSA) is 112 Å². The summed E-state index contributed by atoms with van der Waals surface area (Å²) in [6, 6.07) is 16.6. The number of carbonyl (C=O) groups excluding carboxylic acids is 4. The zero-order valence-corrected chi connectivity index (χ0v) is 29.0. The second kappa shape index (κ2) is 10.7. The van der Waals surface area contributed by atoms with Gasteiger partial charge in [-0.25, -0.2) is 9.59 Å². The van der Waals surface area contributed by atoms with Crippen LogP contribution in [0, 0.1) is 22.7 Å². The minimum atomic E-state index is -1.35. The number of nitrogens with zero attached hydrogens (tertiary/aromatic N) is 2. The van der Waals surface area contributed by atoms with E-state index in [0.717, 1.165) is 11.1 Å². The summed E-state index contributed by atoms with van der Waals surface area (Å²) in [5.74, 6) is -2.88. The van der Waals surface area contributed by atoms with Gasteiger partial charge in [-0.2, -0.15) is 0 Å². The SMILES string of the molecule is CCOC(=O)C12C(c3ccccc3)C3C4N(C(=O)OC(C)(C)C)C1C1C(c5ccccc5)C4(C(=O)OCC)C3N(C(=O)OC(C)(C)C)C12. The lowest BCUT2D eigenvalue weighted by atomic mass is 9.23. The summed E-state index contributed by atoms with van der Waals surface area (Å²) in [4.78, 5) is 62.1. The number of piperidine rings is 4. The molecule has 6 atom stereocenters. The number of hydrogen-bond donors (Lipinski definition) is 0. The van der Waals surface area contributed by atoms with Crippen LogP contribution in [-0.4, -0.2) is 82.5 Å². The third-order valence-corrected chi connectivity index (χ3v) is 11.2. The van der Waals surface area contributed by atoms with Crippen molar-refractivity contribution >= 4 is 24.1 Å². The van der Waals surface area contributed by atoms with Crippen molar-refractivity contribution in [3.8, 4) is 0 Å². The Bertz CT molecular complexity index is 1480. The molecule has 48 heavy (non-hydrogen) atoms. The highest BCUT2D eigenvalue weighted by Crippen LogP contribution is 2.85. The van der Waals surface area contributed by atoms with Crippen molar-refractivity contribution in [3.05, 3.63) is 71.8 Å². The van der Waals surface area contributed by atoms with Gasteiger partial charge in [-0.3, -0.25) is 19.4 Å². The zero-order chi connectivity index (χ0) is 34.6. The molecule has 4 aliphatic heterocycles. The van der Waals surface area contributed by atoms with Gasteiger partial charge in [0.15, 0.2) is 0 Å². The van der Waals surface area contributed by atoms with Gasteiger partial charge in [-0.15, -0.1) is 0 Å². The van der Waals surface area contributed by atoms with Crippen LogP contribution in [0.3, 0.4) is 0 Å². The molecule has 4 saturated heterocycles. The lowest BCUT2D eigenvalue weighted by Gasteiger charge is -2.89. The second-order valence-corrected chi connectivity index (χ2v) is 15.8. The highest BCUT2D eigenvalue weighted by molar-refractivity contribution is 5.94. The molecule has 8 bridgehead atoms. The van der Waals surface area contributed by atoms with Gasteiger partial charge >= 0.3 is 24.1 Å². The van der Waals surface area contributed by atoms with Crippen LogP contribution in [0.5, 0.6) is 0 Å². The van der Waals surface area contributed by atoms with E-state index in [4.69, 9.17) is 18.9 Å². The van der Waals surface area contributed by atoms with Gasteiger partial charge in [0.2, 0.25) is 0 Å². The van der Waals surface area contributed by atoms with Crippen molar-refractivity contribution in [2.75, 3.05) is 13.2 Å². The summed E-state index contributed by atoms with van der Waals surface area (Å²) in [6.45, 7) is 14.6. The molecule has 0 radical (unpaired) electrons. The molecular formula is C38H46N2O8. The lowest BCUT2D eigenvalue weighted by Crippen LogP contribution is -3.03. The summed E-state index contributed by atoms with van der Waals surface area (Å²) in [5.41, 5.74) is -2.56. The fourth-order valence-electron chi connectivity index (χ4n) is 10.5. The molecule has 2 aliphatic carbocycles. The van der Waals surface area contributed by atoms with E-state index in [9.17, 15) is 19.2 Å². The summed E-state index contributed by atoms with van der Waals surface area (Å²) in [6.07, 6.45) is -1.18. The van der Waals surface area contributed by atoms with Crippen LogP contribution in [0.1, 0.15) is 78.4 Å². The maximum Gasteiger partial charge on any atom is 0.410 e. The lowest BCUT2D eigenvalue weighted by molar-refractivity contribution is -0.384. The predicted octanol–water partition coefficient (Wildman–Crippen LogP) is 5.90. The summed E-state index contributed by atoms with van der Waals surface area (Å²) in [7, 11) is 0. The summed E-state index contributed by atoms with van der Waals surface area (Å²) < 4.78 is 24.0. The van der Waals surface area contributed by atoms with Crippen molar-refractivity contribution in [1.82, 2.24) is 9.80 Å². The molecule has 2 saturated carbocycles. The van der Waals surface area contributed by atoms with Crippen LogP contribution in [-0.2, 0) is 28.5 Å². The molecule has 6 aliphatic rings. The number of rotatable bonds is 6. The third-order valence-electron chi connectivity index (χ3n) is 11.2. The largest absolute Gasteiger partial charge is 0.465 e. The van der Waals surface area contributed by atoms with Crippen LogP contribution in [0.15, 0.2) is 60.7 Å². The first-order valence-corrected chi connectivity index (χ1v) is 17.1. The van der Waals surface area contributed by atoms with E-state index in [1.54, 1.807) is 65.2 Å². The quantitative estimate of drug-likeness (QED) is 0.279. The average Bonchev–Trinajstić information content (AvgIpc) is 2.97. The smallest absolute Gasteiger partial charge is 0.410 e. The number of amides is 2. The van der Waals surface area contributed by atoms with Gasteiger partial charge in [0.25, 0.3) is 0 Å². The zero-order valence-electron chi connectivity index (χ0n) is 29.0. The Morgan fingerprint density at radius 1 is 0.583 bits per heavy atom. The first-order valence-electron chi connectivity index (χ1n) is 17.1. The molecule has 2 aromatic carbocycles. The Kier molecular flexibility index (Phi) is 7.24. The predicted molar refractivity (Wildman–Crippen MR) is 175 cm³/mol. The highest BCUT2D eigenvalue weighted by Gasteiger charge is 2.97. The fourth-order valence-corrected chi connectivity index (χ4v) is 10.5. The van der Waals surface area contributed by atoms with Crippen LogP contribution >= 0.6 is 0 Å². The Hall–Kier alpha value is -4.08. The van der Waals surface area contributed by atoms with E-state index >= 15 is 0 Å². The van der Waals surface area contributed by atoms with Crippen LogP contribution < -0.4 is 0 Å². The number of esters is 2. The van der Waals surface area contributed by atoms with Crippen molar-refractivity contribution in [1.29, 1.82) is 0 Å².